The first-order valence-corrected chi connectivity index (χ1v) is 10.0. The van der Waals surface area contributed by atoms with E-state index in [1.54, 1.807) is 6.92 Å². The zero-order chi connectivity index (χ0) is 21.6. The molecule has 1 saturated heterocycles. The second-order valence-corrected chi connectivity index (χ2v) is 7.45. The van der Waals surface area contributed by atoms with Gasteiger partial charge in [0.2, 0.25) is 11.8 Å². The molecule has 3 amide bonds. The molecule has 7 nitrogen and oxygen atoms in total. The second kappa shape index (κ2) is 9.43. The van der Waals surface area contributed by atoms with Gasteiger partial charge in [-0.15, -0.1) is 0 Å². The Balaban J connectivity index is 1.77. The molecule has 7 heteroatoms. The van der Waals surface area contributed by atoms with Crippen molar-refractivity contribution in [1.29, 1.82) is 0 Å². The number of hydrogen-bond acceptors (Lipinski definition) is 4. The number of carbonyl (C=O) groups is 3. The fourth-order valence-electron chi connectivity index (χ4n) is 3.60. The fourth-order valence-corrected chi connectivity index (χ4v) is 3.60. The predicted octanol–water partition coefficient (Wildman–Crippen LogP) is 2.26. The van der Waals surface area contributed by atoms with Crippen molar-refractivity contribution in [2.45, 2.75) is 38.0 Å². The van der Waals surface area contributed by atoms with E-state index in [1.165, 1.54) is 11.9 Å². The number of likely N-dealkylation sites (N-methyl/N-ethyl adjacent to an activating group) is 1. The lowest BCUT2D eigenvalue weighted by Crippen LogP contribution is -2.71. The summed E-state index contributed by atoms with van der Waals surface area (Å²) in [4.78, 5) is 39.4. The van der Waals surface area contributed by atoms with Crippen LogP contribution < -0.4 is 10.6 Å². The molecule has 1 aliphatic rings. The molecule has 0 aliphatic carbocycles. The summed E-state index contributed by atoms with van der Waals surface area (Å²) in [6.07, 6.45) is 0.304. The first kappa shape index (κ1) is 21.4. The Morgan fingerprint density at radius 3 is 2.17 bits per heavy atom. The Morgan fingerprint density at radius 2 is 1.63 bits per heavy atom. The van der Waals surface area contributed by atoms with E-state index in [2.05, 4.69) is 10.6 Å². The standard InChI is InChI=1S/C23H27N3O4/c1-17(20(27)24-2)25-21(28)23(15-18-9-5-3-6-10-18)13-14-26(23)22(29)30-16-19-11-7-4-8-12-19/h3-12,17H,13-16H2,1-2H3,(H,24,27)(H,25,28)/t17-,23-/m0/s1. The maximum absolute atomic E-state index is 13.2. The topological polar surface area (TPSA) is 87.7 Å². The zero-order valence-corrected chi connectivity index (χ0v) is 17.3. The van der Waals surface area contributed by atoms with Crippen LogP contribution in [-0.2, 0) is 27.4 Å². The Bertz CT molecular complexity index is 888. The Morgan fingerprint density at radius 1 is 1.03 bits per heavy atom. The van der Waals surface area contributed by atoms with Crippen LogP contribution in [0.4, 0.5) is 4.79 Å². The van der Waals surface area contributed by atoms with E-state index in [4.69, 9.17) is 4.74 Å². The molecule has 1 aliphatic heterocycles. The number of likely N-dealkylation sites (tertiary alicyclic amines) is 1. The van der Waals surface area contributed by atoms with Crippen LogP contribution in [0, 0.1) is 0 Å². The normalized spacial score (nSPS) is 18.7. The van der Waals surface area contributed by atoms with Crippen molar-refractivity contribution in [3.05, 3.63) is 71.8 Å². The summed E-state index contributed by atoms with van der Waals surface area (Å²) in [5.74, 6) is -0.652. The van der Waals surface area contributed by atoms with Gasteiger partial charge < -0.3 is 15.4 Å². The van der Waals surface area contributed by atoms with Gasteiger partial charge in [-0.3, -0.25) is 14.5 Å². The second-order valence-electron chi connectivity index (χ2n) is 7.45. The van der Waals surface area contributed by atoms with Crippen LogP contribution in [0.5, 0.6) is 0 Å². The van der Waals surface area contributed by atoms with Gasteiger partial charge in [-0.1, -0.05) is 60.7 Å². The lowest BCUT2D eigenvalue weighted by Gasteiger charge is -2.50. The maximum Gasteiger partial charge on any atom is 0.411 e. The van der Waals surface area contributed by atoms with Gasteiger partial charge in [-0.2, -0.15) is 0 Å². The van der Waals surface area contributed by atoms with Gasteiger partial charge in [0.05, 0.1) is 0 Å². The average Bonchev–Trinajstić information content (AvgIpc) is 2.75. The molecular formula is C23H27N3O4. The lowest BCUT2D eigenvalue weighted by atomic mass is 9.78. The molecule has 1 fully saturated rings. The number of ether oxygens (including phenoxy) is 1. The fraction of sp³-hybridized carbons (Fsp3) is 0.348. The third kappa shape index (κ3) is 4.62. The van der Waals surface area contributed by atoms with Crippen molar-refractivity contribution in [1.82, 2.24) is 15.5 Å². The van der Waals surface area contributed by atoms with Crippen LogP contribution in [0.3, 0.4) is 0 Å². The molecule has 0 bridgehead atoms. The third-order valence-corrected chi connectivity index (χ3v) is 5.44. The molecule has 0 spiro atoms. The number of carbonyl (C=O) groups excluding carboxylic acids is 3. The van der Waals surface area contributed by atoms with Gasteiger partial charge in [0, 0.05) is 20.0 Å². The van der Waals surface area contributed by atoms with Crippen molar-refractivity contribution >= 4 is 17.9 Å². The molecule has 30 heavy (non-hydrogen) atoms. The summed E-state index contributed by atoms with van der Waals surface area (Å²) in [5, 5.41) is 5.27. The third-order valence-electron chi connectivity index (χ3n) is 5.44. The number of hydrogen-bond donors (Lipinski definition) is 2. The maximum atomic E-state index is 13.2. The highest BCUT2D eigenvalue weighted by Gasteiger charge is 2.54. The highest BCUT2D eigenvalue weighted by Crippen LogP contribution is 2.35. The monoisotopic (exact) mass is 409 g/mol. The molecule has 0 radical (unpaired) electrons. The number of nitrogens with one attached hydrogen (secondary N) is 2. The van der Waals surface area contributed by atoms with Gasteiger partial charge in [0.15, 0.2) is 0 Å². The SMILES string of the molecule is CNC(=O)[C@H](C)NC(=O)[C@@]1(Cc2ccccc2)CCN1C(=O)OCc1ccccc1. The molecule has 2 atom stereocenters. The van der Waals surface area contributed by atoms with Crippen molar-refractivity contribution in [3.63, 3.8) is 0 Å². The molecule has 0 aromatic heterocycles. The summed E-state index contributed by atoms with van der Waals surface area (Å²) in [5.41, 5.74) is 0.718. The smallest absolute Gasteiger partial charge is 0.411 e. The summed E-state index contributed by atoms with van der Waals surface area (Å²) in [6.45, 7) is 2.17. The van der Waals surface area contributed by atoms with E-state index in [9.17, 15) is 14.4 Å². The van der Waals surface area contributed by atoms with Gasteiger partial charge in [-0.05, 0) is 24.5 Å². The molecule has 2 aromatic rings. The Hall–Kier alpha value is -3.35. The summed E-state index contributed by atoms with van der Waals surface area (Å²) < 4.78 is 5.48. The van der Waals surface area contributed by atoms with Crippen molar-refractivity contribution < 1.29 is 19.1 Å². The van der Waals surface area contributed by atoms with Gasteiger partial charge in [0.25, 0.3) is 0 Å². The van der Waals surface area contributed by atoms with Crippen molar-refractivity contribution in [2.24, 2.45) is 0 Å². The quantitative estimate of drug-likeness (QED) is 0.734. The molecule has 0 unspecified atom stereocenters. The molecular weight excluding hydrogens is 382 g/mol. The highest BCUT2D eigenvalue weighted by atomic mass is 16.6. The van der Waals surface area contributed by atoms with E-state index in [-0.39, 0.29) is 18.4 Å². The molecule has 3 rings (SSSR count). The Labute approximate surface area is 176 Å². The number of nitrogens with zero attached hydrogens (tertiary/aromatic N) is 1. The summed E-state index contributed by atoms with van der Waals surface area (Å²) >= 11 is 0. The number of benzene rings is 2. The first-order valence-electron chi connectivity index (χ1n) is 10.0. The number of rotatable bonds is 7. The van der Waals surface area contributed by atoms with Gasteiger partial charge in [0.1, 0.15) is 18.2 Å². The predicted molar refractivity (Wildman–Crippen MR) is 112 cm³/mol. The van der Waals surface area contributed by atoms with Crippen molar-refractivity contribution in [3.8, 4) is 0 Å². The van der Waals surface area contributed by atoms with E-state index >= 15 is 0 Å². The van der Waals surface area contributed by atoms with Crippen LogP contribution >= 0.6 is 0 Å². The van der Waals surface area contributed by atoms with Crippen molar-refractivity contribution in [2.75, 3.05) is 13.6 Å². The van der Waals surface area contributed by atoms with Crippen LogP contribution in [-0.4, -0.2) is 48.0 Å². The van der Waals surface area contributed by atoms with Crippen LogP contribution in [0.25, 0.3) is 0 Å². The highest BCUT2D eigenvalue weighted by molar-refractivity contribution is 5.95. The first-order chi connectivity index (χ1) is 14.5. The van der Waals surface area contributed by atoms with Crippen LogP contribution in [0.15, 0.2) is 60.7 Å². The van der Waals surface area contributed by atoms with Crippen LogP contribution in [0.2, 0.25) is 0 Å². The molecule has 158 valence electrons. The zero-order valence-electron chi connectivity index (χ0n) is 17.3. The van der Waals surface area contributed by atoms with Gasteiger partial charge in [-0.25, -0.2) is 4.79 Å². The van der Waals surface area contributed by atoms with E-state index < -0.39 is 17.7 Å². The average molecular weight is 409 g/mol. The minimum absolute atomic E-state index is 0.133. The van der Waals surface area contributed by atoms with E-state index in [1.807, 2.05) is 60.7 Å². The Kier molecular flexibility index (Phi) is 6.72. The van der Waals surface area contributed by atoms with E-state index in [0.717, 1.165) is 11.1 Å². The largest absolute Gasteiger partial charge is 0.445 e. The minimum Gasteiger partial charge on any atom is -0.445 e. The molecule has 0 saturated carbocycles. The lowest BCUT2D eigenvalue weighted by molar-refractivity contribution is -0.143. The van der Waals surface area contributed by atoms with Gasteiger partial charge >= 0.3 is 6.09 Å². The summed E-state index contributed by atoms with van der Waals surface area (Å²) in [6, 6.07) is 18.2. The minimum atomic E-state index is -1.09. The molecule has 2 aromatic carbocycles. The van der Waals surface area contributed by atoms with Crippen LogP contribution in [0.1, 0.15) is 24.5 Å². The number of amides is 3. The molecule has 1 heterocycles. The summed E-state index contributed by atoms with van der Waals surface area (Å²) in [7, 11) is 1.52. The molecule has 2 N–H and O–H groups in total. The van der Waals surface area contributed by atoms with E-state index in [0.29, 0.717) is 19.4 Å².